The normalized spacial score (nSPS) is 11.6. The van der Waals surface area contributed by atoms with Crippen LogP contribution >= 0.6 is 0 Å². The summed E-state index contributed by atoms with van der Waals surface area (Å²) in [6.07, 6.45) is 3.15. The van der Waals surface area contributed by atoms with E-state index in [4.69, 9.17) is 9.47 Å². The molecular formula is C15H20O3. The third-order valence-corrected chi connectivity index (χ3v) is 1.99. The van der Waals surface area contributed by atoms with Crippen molar-refractivity contribution in [3.63, 3.8) is 0 Å². The summed E-state index contributed by atoms with van der Waals surface area (Å²) in [7, 11) is 0. The van der Waals surface area contributed by atoms with Crippen molar-refractivity contribution in [3.8, 4) is 5.75 Å². The molecule has 0 spiro atoms. The molecule has 0 aliphatic heterocycles. The van der Waals surface area contributed by atoms with Gasteiger partial charge >= 0.3 is 5.97 Å². The van der Waals surface area contributed by atoms with Crippen LogP contribution in [0.1, 0.15) is 33.3 Å². The number of esters is 1. The van der Waals surface area contributed by atoms with Crippen molar-refractivity contribution in [2.24, 2.45) is 0 Å². The van der Waals surface area contributed by atoms with Gasteiger partial charge in [-0.3, -0.25) is 0 Å². The van der Waals surface area contributed by atoms with Crippen LogP contribution in [0.15, 0.2) is 30.3 Å². The molecule has 98 valence electrons. The first kappa shape index (κ1) is 14.3. The molecule has 0 fully saturated rings. The number of carbonyl (C=O) groups is 1. The van der Waals surface area contributed by atoms with Crippen molar-refractivity contribution >= 4 is 12.0 Å². The minimum absolute atomic E-state index is 0.343. The quantitative estimate of drug-likeness (QED) is 0.605. The minimum Gasteiger partial charge on any atom is -0.494 e. The van der Waals surface area contributed by atoms with Gasteiger partial charge in [-0.1, -0.05) is 12.1 Å². The van der Waals surface area contributed by atoms with E-state index in [9.17, 15) is 4.79 Å². The Balaban J connectivity index is 2.66. The van der Waals surface area contributed by atoms with E-state index in [1.54, 1.807) is 6.08 Å². The average molecular weight is 248 g/mol. The molecule has 0 bridgehead atoms. The van der Waals surface area contributed by atoms with Crippen LogP contribution in [0.25, 0.3) is 6.08 Å². The van der Waals surface area contributed by atoms with Gasteiger partial charge in [-0.05, 0) is 51.5 Å². The van der Waals surface area contributed by atoms with Crippen LogP contribution in [-0.2, 0) is 9.53 Å². The first-order chi connectivity index (χ1) is 8.40. The van der Waals surface area contributed by atoms with Gasteiger partial charge in [0.1, 0.15) is 11.4 Å². The highest BCUT2D eigenvalue weighted by molar-refractivity contribution is 5.87. The molecule has 0 heterocycles. The van der Waals surface area contributed by atoms with Crippen LogP contribution < -0.4 is 4.74 Å². The third-order valence-electron chi connectivity index (χ3n) is 1.99. The topological polar surface area (TPSA) is 35.5 Å². The third kappa shape index (κ3) is 5.53. The number of hydrogen-bond acceptors (Lipinski definition) is 3. The van der Waals surface area contributed by atoms with Gasteiger partial charge in [-0.2, -0.15) is 0 Å². The molecule has 3 heteroatoms. The Morgan fingerprint density at radius 1 is 1.33 bits per heavy atom. The van der Waals surface area contributed by atoms with E-state index in [1.807, 2.05) is 52.0 Å². The van der Waals surface area contributed by atoms with E-state index in [1.165, 1.54) is 6.08 Å². The Bertz CT molecular complexity index is 428. The summed E-state index contributed by atoms with van der Waals surface area (Å²) in [4.78, 5) is 11.5. The van der Waals surface area contributed by atoms with Crippen LogP contribution in [-0.4, -0.2) is 18.2 Å². The maximum absolute atomic E-state index is 11.5. The van der Waals surface area contributed by atoms with Crippen LogP contribution in [0, 0.1) is 0 Å². The molecule has 0 saturated heterocycles. The highest BCUT2D eigenvalue weighted by atomic mass is 16.6. The Labute approximate surface area is 108 Å². The molecule has 1 aromatic rings. The van der Waals surface area contributed by atoms with Gasteiger partial charge in [0, 0.05) is 6.08 Å². The molecule has 0 N–H and O–H groups in total. The zero-order valence-corrected chi connectivity index (χ0v) is 11.4. The molecule has 0 aromatic heterocycles. The number of rotatable bonds is 4. The number of benzene rings is 1. The monoisotopic (exact) mass is 248 g/mol. The molecule has 1 rings (SSSR count). The molecule has 18 heavy (non-hydrogen) atoms. The Morgan fingerprint density at radius 3 is 2.67 bits per heavy atom. The van der Waals surface area contributed by atoms with Crippen molar-refractivity contribution in [2.45, 2.75) is 33.3 Å². The Hall–Kier alpha value is -1.77. The largest absolute Gasteiger partial charge is 0.494 e. The van der Waals surface area contributed by atoms with Crippen molar-refractivity contribution in [1.82, 2.24) is 0 Å². The molecule has 0 atom stereocenters. The van der Waals surface area contributed by atoms with Gasteiger partial charge < -0.3 is 9.47 Å². The fourth-order valence-corrected chi connectivity index (χ4v) is 1.37. The van der Waals surface area contributed by atoms with E-state index in [0.717, 1.165) is 11.3 Å². The molecule has 3 nitrogen and oxygen atoms in total. The predicted molar refractivity (Wildman–Crippen MR) is 72.5 cm³/mol. The van der Waals surface area contributed by atoms with E-state index < -0.39 is 5.60 Å². The lowest BCUT2D eigenvalue weighted by Gasteiger charge is -2.17. The van der Waals surface area contributed by atoms with Crippen LogP contribution in [0.4, 0.5) is 0 Å². The number of ether oxygens (including phenoxy) is 2. The van der Waals surface area contributed by atoms with Crippen LogP contribution in [0.5, 0.6) is 5.75 Å². The number of carbonyl (C=O) groups excluding carboxylic acids is 1. The summed E-state index contributed by atoms with van der Waals surface area (Å²) in [5, 5.41) is 0. The number of hydrogen-bond donors (Lipinski definition) is 0. The van der Waals surface area contributed by atoms with E-state index in [-0.39, 0.29) is 5.97 Å². The fourth-order valence-electron chi connectivity index (χ4n) is 1.37. The Morgan fingerprint density at radius 2 is 2.06 bits per heavy atom. The van der Waals surface area contributed by atoms with Crippen molar-refractivity contribution < 1.29 is 14.3 Å². The standard InChI is InChI=1S/C15H20O3/c1-5-17-13-8-6-7-12(11-13)9-10-14(16)18-15(2,3)4/h6-11H,5H2,1-4H3. The maximum Gasteiger partial charge on any atom is 0.331 e. The van der Waals surface area contributed by atoms with E-state index in [0.29, 0.717) is 6.61 Å². The zero-order valence-electron chi connectivity index (χ0n) is 11.4. The molecule has 1 aromatic carbocycles. The lowest BCUT2D eigenvalue weighted by atomic mass is 10.2. The molecular weight excluding hydrogens is 228 g/mol. The van der Waals surface area contributed by atoms with Crippen LogP contribution in [0.3, 0.4) is 0 Å². The second kappa shape index (κ2) is 6.24. The summed E-state index contributed by atoms with van der Waals surface area (Å²) in [6.45, 7) is 8.08. The maximum atomic E-state index is 11.5. The molecule has 0 saturated carbocycles. The second-order valence-corrected chi connectivity index (χ2v) is 4.87. The van der Waals surface area contributed by atoms with Crippen molar-refractivity contribution in [1.29, 1.82) is 0 Å². The van der Waals surface area contributed by atoms with Gasteiger partial charge in [-0.15, -0.1) is 0 Å². The predicted octanol–water partition coefficient (Wildman–Crippen LogP) is 3.44. The zero-order chi connectivity index (χ0) is 13.6. The summed E-state index contributed by atoms with van der Waals surface area (Å²) in [5.74, 6) is 0.452. The van der Waals surface area contributed by atoms with Gasteiger partial charge in [0.15, 0.2) is 0 Å². The van der Waals surface area contributed by atoms with Crippen LogP contribution in [0.2, 0.25) is 0 Å². The average Bonchev–Trinajstić information content (AvgIpc) is 2.25. The van der Waals surface area contributed by atoms with E-state index >= 15 is 0 Å². The van der Waals surface area contributed by atoms with Gasteiger partial charge in [0.05, 0.1) is 6.61 Å². The molecule has 0 aliphatic carbocycles. The SMILES string of the molecule is CCOc1cccc(C=CC(=O)OC(C)(C)C)c1. The molecule has 0 aliphatic rings. The summed E-state index contributed by atoms with van der Waals surface area (Å²) in [6, 6.07) is 7.56. The molecule has 0 amide bonds. The summed E-state index contributed by atoms with van der Waals surface area (Å²) < 4.78 is 10.6. The fraction of sp³-hybridized carbons (Fsp3) is 0.400. The van der Waals surface area contributed by atoms with Gasteiger partial charge in [0.2, 0.25) is 0 Å². The highest BCUT2D eigenvalue weighted by Gasteiger charge is 2.13. The summed E-state index contributed by atoms with van der Waals surface area (Å²) >= 11 is 0. The van der Waals surface area contributed by atoms with Gasteiger partial charge in [-0.25, -0.2) is 4.79 Å². The minimum atomic E-state index is -0.464. The lowest BCUT2D eigenvalue weighted by molar-refractivity contribution is -0.148. The van der Waals surface area contributed by atoms with Crippen molar-refractivity contribution in [2.75, 3.05) is 6.61 Å². The lowest BCUT2D eigenvalue weighted by Crippen LogP contribution is -2.22. The smallest absolute Gasteiger partial charge is 0.331 e. The Kier molecular flexibility index (Phi) is 4.95. The first-order valence-electron chi connectivity index (χ1n) is 6.04. The molecule has 0 radical (unpaired) electrons. The van der Waals surface area contributed by atoms with Gasteiger partial charge in [0.25, 0.3) is 0 Å². The summed E-state index contributed by atoms with van der Waals surface area (Å²) in [5.41, 5.74) is 0.445. The van der Waals surface area contributed by atoms with E-state index in [2.05, 4.69) is 0 Å². The first-order valence-corrected chi connectivity index (χ1v) is 6.04. The highest BCUT2D eigenvalue weighted by Crippen LogP contribution is 2.15. The molecule has 0 unspecified atom stereocenters. The second-order valence-electron chi connectivity index (χ2n) is 4.87. The van der Waals surface area contributed by atoms with Crippen molar-refractivity contribution in [3.05, 3.63) is 35.9 Å².